The van der Waals surface area contributed by atoms with Gasteiger partial charge in [0.2, 0.25) is 0 Å². The molecule has 0 aliphatic carbocycles. The molecule has 1 aliphatic heterocycles. The normalized spacial score (nSPS) is 27.6. The molecule has 2 nitrogen and oxygen atoms in total. The molecule has 0 bridgehead atoms. The predicted octanol–water partition coefficient (Wildman–Crippen LogP) is 0.500. The van der Waals surface area contributed by atoms with Crippen LogP contribution < -0.4 is 0 Å². The molecule has 2 radical (unpaired) electrons. The van der Waals surface area contributed by atoms with E-state index in [1.165, 1.54) is 23.8 Å². The third-order valence-corrected chi connectivity index (χ3v) is 5.69. The molecule has 1 atom stereocenters. The molecule has 0 saturated carbocycles. The second-order valence-electron chi connectivity index (χ2n) is 2.68. The second kappa shape index (κ2) is 4.57. The van der Waals surface area contributed by atoms with Crippen molar-refractivity contribution in [3.8, 4) is 0 Å². The van der Waals surface area contributed by atoms with Gasteiger partial charge in [0.1, 0.15) is 0 Å². The Labute approximate surface area is 73.2 Å². The molecule has 10 heavy (non-hydrogen) atoms. The summed E-state index contributed by atoms with van der Waals surface area (Å²) in [6, 6.07) is 0.548. The van der Waals surface area contributed by atoms with Gasteiger partial charge in [0.25, 0.3) is 0 Å². The van der Waals surface area contributed by atoms with Gasteiger partial charge in [-0.15, -0.1) is 0 Å². The summed E-state index contributed by atoms with van der Waals surface area (Å²) in [5, 5.41) is 8.95. The molecule has 1 fully saturated rings. The van der Waals surface area contributed by atoms with Crippen LogP contribution in [0.1, 0.15) is 19.8 Å². The van der Waals surface area contributed by atoms with E-state index in [1.807, 2.05) is 0 Å². The van der Waals surface area contributed by atoms with Crippen LogP contribution in [0.15, 0.2) is 0 Å². The molecule has 0 aromatic rings. The van der Waals surface area contributed by atoms with Crippen LogP contribution in [0.4, 0.5) is 0 Å². The molecule has 0 aromatic carbocycles. The van der Waals surface area contributed by atoms with Crippen molar-refractivity contribution in [3.05, 3.63) is 0 Å². The fourth-order valence-electron chi connectivity index (χ4n) is 1.44. The molecule has 0 spiro atoms. The number of aliphatic hydroxyl groups is 1. The van der Waals surface area contributed by atoms with E-state index >= 15 is 0 Å². The van der Waals surface area contributed by atoms with Gasteiger partial charge in [0.15, 0.2) is 0 Å². The molecule has 1 unspecified atom stereocenters. The first kappa shape index (κ1) is 8.81. The summed E-state index contributed by atoms with van der Waals surface area (Å²) in [6.45, 7) is 3.92. The van der Waals surface area contributed by atoms with Crippen LogP contribution in [-0.4, -0.2) is 48.8 Å². The minimum absolute atomic E-state index is 0.243. The quantitative estimate of drug-likeness (QED) is 0.735. The molecule has 0 aromatic heterocycles. The SMILES string of the molecule is C[CH2][Sn][N]1CCCC1CO. The Morgan fingerprint density at radius 2 is 2.50 bits per heavy atom. The summed E-state index contributed by atoms with van der Waals surface area (Å²) < 4.78 is 3.93. The first-order valence-electron chi connectivity index (χ1n) is 3.99. The van der Waals surface area contributed by atoms with E-state index in [-0.39, 0.29) is 21.4 Å². The van der Waals surface area contributed by atoms with Gasteiger partial charge >= 0.3 is 73.0 Å². The second-order valence-corrected chi connectivity index (χ2v) is 7.24. The fourth-order valence-corrected chi connectivity index (χ4v) is 4.84. The Balaban J connectivity index is 2.27. The van der Waals surface area contributed by atoms with Crippen LogP contribution in [0.3, 0.4) is 0 Å². The molecule has 1 rings (SSSR count). The summed E-state index contributed by atoms with van der Waals surface area (Å²) in [5.41, 5.74) is 0. The van der Waals surface area contributed by atoms with Crippen molar-refractivity contribution in [2.24, 2.45) is 0 Å². The number of hydrogen-bond acceptors (Lipinski definition) is 2. The Morgan fingerprint density at radius 3 is 3.10 bits per heavy atom. The summed E-state index contributed by atoms with van der Waals surface area (Å²) in [6.07, 6.45) is 2.55. The Bertz CT molecular complexity index is 99.6. The van der Waals surface area contributed by atoms with Gasteiger partial charge in [-0.25, -0.2) is 0 Å². The minimum atomic E-state index is -0.243. The molecule has 1 heterocycles. The maximum atomic E-state index is 8.95. The zero-order valence-electron chi connectivity index (χ0n) is 6.51. The van der Waals surface area contributed by atoms with E-state index in [0.717, 1.165) is 0 Å². The van der Waals surface area contributed by atoms with E-state index in [2.05, 4.69) is 10.0 Å². The topological polar surface area (TPSA) is 23.5 Å². The molecular formula is C7H15NOSn. The van der Waals surface area contributed by atoms with Crippen LogP contribution in [0.25, 0.3) is 0 Å². The number of hydrogen-bond donors (Lipinski definition) is 1. The predicted molar refractivity (Wildman–Crippen MR) is 43.0 cm³/mol. The molecule has 3 heteroatoms. The van der Waals surface area contributed by atoms with Crippen molar-refractivity contribution in [2.75, 3.05) is 13.2 Å². The third kappa shape index (κ3) is 2.10. The molecule has 58 valence electrons. The number of aliphatic hydroxyl groups excluding tert-OH is 1. The average molecular weight is 248 g/mol. The first-order chi connectivity index (χ1) is 4.88. The Hall–Kier alpha value is 0.719. The summed E-state index contributed by atoms with van der Waals surface area (Å²) >= 11 is -0.243. The number of rotatable bonds is 3. The van der Waals surface area contributed by atoms with Gasteiger partial charge < -0.3 is 0 Å². The van der Waals surface area contributed by atoms with Gasteiger partial charge in [-0.1, -0.05) is 0 Å². The van der Waals surface area contributed by atoms with Gasteiger partial charge in [0, 0.05) is 0 Å². The average Bonchev–Trinajstić information content (AvgIpc) is 2.36. The molecule has 1 saturated heterocycles. The van der Waals surface area contributed by atoms with Crippen molar-refractivity contribution >= 4 is 21.4 Å². The standard InChI is InChI=1S/C5H10NO.C2H5.Sn/c7-4-5-2-1-3-6-5;1-2;/h5,7H,1-4H2;1H2,2H3;/q-1;;+1. The van der Waals surface area contributed by atoms with Crippen LogP contribution in [0.2, 0.25) is 4.44 Å². The Morgan fingerprint density at radius 1 is 1.70 bits per heavy atom. The third-order valence-electron chi connectivity index (χ3n) is 1.95. The summed E-state index contributed by atoms with van der Waals surface area (Å²) in [4.78, 5) is 0. The van der Waals surface area contributed by atoms with Crippen molar-refractivity contribution < 1.29 is 5.11 Å². The molecular weight excluding hydrogens is 233 g/mol. The van der Waals surface area contributed by atoms with Crippen molar-refractivity contribution in [1.29, 1.82) is 0 Å². The van der Waals surface area contributed by atoms with E-state index in [1.54, 1.807) is 0 Å². The van der Waals surface area contributed by atoms with Crippen LogP contribution >= 0.6 is 0 Å². The van der Waals surface area contributed by atoms with Gasteiger partial charge in [-0.2, -0.15) is 0 Å². The summed E-state index contributed by atoms with van der Waals surface area (Å²) in [5.74, 6) is 0. The fraction of sp³-hybridized carbons (Fsp3) is 1.00. The van der Waals surface area contributed by atoms with Crippen molar-refractivity contribution in [3.63, 3.8) is 0 Å². The van der Waals surface area contributed by atoms with E-state index in [9.17, 15) is 0 Å². The van der Waals surface area contributed by atoms with Crippen LogP contribution in [-0.2, 0) is 0 Å². The zero-order valence-corrected chi connectivity index (χ0v) is 9.36. The van der Waals surface area contributed by atoms with Crippen molar-refractivity contribution in [1.82, 2.24) is 3.12 Å². The summed E-state index contributed by atoms with van der Waals surface area (Å²) in [7, 11) is 0. The zero-order chi connectivity index (χ0) is 7.40. The number of nitrogens with zero attached hydrogens (tertiary/aromatic N) is 1. The molecule has 0 amide bonds. The first-order valence-corrected chi connectivity index (χ1v) is 7.29. The maximum absolute atomic E-state index is 8.95. The Kier molecular flexibility index (Phi) is 4.02. The van der Waals surface area contributed by atoms with E-state index in [4.69, 9.17) is 5.11 Å². The monoisotopic (exact) mass is 249 g/mol. The van der Waals surface area contributed by atoms with Gasteiger partial charge in [0.05, 0.1) is 0 Å². The molecule has 1 N–H and O–H groups in total. The van der Waals surface area contributed by atoms with Crippen molar-refractivity contribution in [2.45, 2.75) is 30.2 Å². The van der Waals surface area contributed by atoms with Gasteiger partial charge in [-0.3, -0.25) is 0 Å². The van der Waals surface area contributed by atoms with E-state index in [0.29, 0.717) is 12.6 Å². The van der Waals surface area contributed by atoms with Crippen LogP contribution in [0, 0.1) is 0 Å². The van der Waals surface area contributed by atoms with Gasteiger partial charge in [-0.05, 0) is 0 Å². The molecule has 1 aliphatic rings. The van der Waals surface area contributed by atoms with E-state index < -0.39 is 0 Å². The van der Waals surface area contributed by atoms with Crippen LogP contribution in [0.5, 0.6) is 0 Å².